The Labute approximate surface area is 158 Å². The molecule has 26 heavy (non-hydrogen) atoms. The number of fused-ring (bicyclic) bond motifs is 1. The number of nitrogens with zero attached hydrogens (tertiary/aromatic N) is 1. The molecular formula is C19H25ClN2O4. The summed E-state index contributed by atoms with van der Waals surface area (Å²) in [6.07, 6.45) is 3.86. The van der Waals surface area contributed by atoms with Crippen molar-refractivity contribution in [3.05, 3.63) is 22.7 Å². The molecule has 1 unspecified atom stereocenters. The number of rotatable bonds is 4. The minimum Gasteiger partial charge on any atom is -0.489 e. The van der Waals surface area contributed by atoms with Gasteiger partial charge in [0.25, 0.3) is 5.91 Å². The van der Waals surface area contributed by atoms with Crippen LogP contribution in [0.3, 0.4) is 0 Å². The molecule has 0 saturated carbocycles. The third-order valence-electron chi connectivity index (χ3n) is 4.60. The highest BCUT2D eigenvalue weighted by atomic mass is 35.5. The molecule has 2 heterocycles. The second-order valence-electron chi connectivity index (χ2n) is 6.74. The highest BCUT2D eigenvalue weighted by Crippen LogP contribution is 2.38. The molecule has 1 atom stereocenters. The molecule has 142 valence electrons. The molecule has 7 heteroatoms. The van der Waals surface area contributed by atoms with E-state index in [0.29, 0.717) is 54.8 Å². The number of piperidine rings is 1. The molecule has 1 fully saturated rings. The highest BCUT2D eigenvalue weighted by molar-refractivity contribution is 6.32. The summed E-state index contributed by atoms with van der Waals surface area (Å²) in [7, 11) is 0. The van der Waals surface area contributed by atoms with Crippen molar-refractivity contribution in [3.8, 4) is 11.5 Å². The molecule has 2 aliphatic heterocycles. The number of halogens is 1. The summed E-state index contributed by atoms with van der Waals surface area (Å²) < 4.78 is 11.3. The van der Waals surface area contributed by atoms with Crippen LogP contribution >= 0.6 is 11.6 Å². The summed E-state index contributed by atoms with van der Waals surface area (Å²) in [4.78, 5) is 26.5. The Morgan fingerprint density at radius 3 is 2.88 bits per heavy atom. The lowest BCUT2D eigenvalue weighted by atomic mass is 10.0. The molecule has 0 spiro atoms. The zero-order valence-corrected chi connectivity index (χ0v) is 15.8. The van der Waals surface area contributed by atoms with Gasteiger partial charge >= 0.3 is 0 Å². The smallest absolute Gasteiger partial charge is 0.254 e. The minimum atomic E-state index is -0.100. The van der Waals surface area contributed by atoms with Crippen LogP contribution in [-0.2, 0) is 4.79 Å². The molecule has 0 aliphatic carbocycles. The fourth-order valence-electron chi connectivity index (χ4n) is 3.34. The van der Waals surface area contributed by atoms with E-state index in [2.05, 4.69) is 5.32 Å². The third-order valence-corrected chi connectivity index (χ3v) is 4.88. The first-order valence-electron chi connectivity index (χ1n) is 9.26. The molecular weight excluding hydrogens is 356 g/mol. The topological polar surface area (TPSA) is 67.9 Å². The molecule has 0 aromatic heterocycles. The zero-order valence-electron chi connectivity index (χ0n) is 15.1. The Morgan fingerprint density at radius 2 is 2.08 bits per heavy atom. The summed E-state index contributed by atoms with van der Waals surface area (Å²) in [6.45, 7) is 4.25. The van der Waals surface area contributed by atoms with Crippen molar-refractivity contribution >= 4 is 23.4 Å². The predicted molar refractivity (Wildman–Crippen MR) is 99.0 cm³/mol. The maximum Gasteiger partial charge on any atom is 0.254 e. The Hall–Kier alpha value is -1.95. The van der Waals surface area contributed by atoms with Gasteiger partial charge in [0.05, 0.1) is 18.2 Å². The monoisotopic (exact) mass is 380 g/mol. The van der Waals surface area contributed by atoms with Crippen LogP contribution in [0.4, 0.5) is 0 Å². The van der Waals surface area contributed by atoms with Gasteiger partial charge in [-0.3, -0.25) is 9.59 Å². The van der Waals surface area contributed by atoms with Gasteiger partial charge in [0, 0.05) is 37.5 Å². The van der Waals surface area contributed by atoms with Gasteiger partial charge in [0.15, 0.2) is 11.5 Å². The van der Waals surface area contributed by atoms with Crippen LogP contribution in [0.1, 0.15) is 49.4 Å². The van der Waals surface area contributed by atoms with E-state index in [1.165, 1.54) is 0 Å². The van der Waals surface area contributed by atoms with E-state index in [1.807, 2.05) is 6.92 Å². The van der Waals surface area contributed by atoms with E-state index >= 15 is 0 Å². The van der Waals surface area contributed by atoms with Crippen LogP contribution in [0, 0.1) is 0 Å². The Balaban J connectivity index is 1.71. The maximum absolute atomic E-state index is 12.9. The van der Waals surface area contributed by atoms with Crippen molar-refractivity contribution in [1.82, 2.24) is 10.2 Å². The molecule has 3 rings (SSSR count). The zero-order chi connectivity index (χ0) is 18.5. The number of benzene rings is 1. The van der Waals surface area contributed by atoms with Crippen molar-refractivity contribution < 1.29 is 19.1 Å². The van der Waals surface area contributed by atoms with Crippen LogP contribution in [0.15, 0.2) is 12.1 Å². The summed E-state index contributed by atoms with van der Waals surface area (Å²) in [5.41, 5.74) is 0.486. The fourth-order valence-corrected chi connectivity index (χ4v) is 3.61. The summed E-state index contributed by atoms with van der Waals surface area (Å²) in [5.74, 6) is 0.967. The number of carbonyl (C=O) groups is 2. The third kappa shape index (κ3) is 4.41. The lowest BCUT2D eigenvalue weighted by Crippen LogP contribution is -2.49. The molecule has 0 bridgehead atoms. The predicted octanol–water partition coefficient (Wildman–Crippen LogP) is 3.02. The SMILES string of the molecule is CCCC(=O)NC1CCCN(C(=O)c2cc(Cl)c3c(c2)OCCCO3)C1. The number of nitrogens with one attached hydrogen (secondary N) is 1. The van der Waals surface area contributed by atoms with Gasteiger partial charge in [0.2, 0.25) is 5.91 Å². The maximum atomic E-state index is 12.9. The number of likely N-dealkylation sites (tertiary alicyclic amines) is 1. The van der Waals surface area contributed by atoms with Crippen molar-refractivity contribution in [2.24, 2.45) is 0 Å². The molecule has 1 saturated heterocycles. The molecule has 2 amide bonds. The van der Waals surface area contributed by atoms with E-state index in [9.17, 15) is 9.59 Å². The highest BCUT2D eigenvalue weighted by Gasteiger charge is 2.27. The van der Waals surface area contributed by atoms with E-state index < -0.39 is 0 Å². The molecule has 1 aromatic carbocycles. The van der Waals surface area contributed by atoms with Crippen LogP contribution in [0.2, 0.25) is 5.02 Å². The number of carbonyl (C=O) groups excluding carboxylic acids is 2. The van der Waals surface area contributed by atoms with Crippen molar-refractivity contribution in [2.45, 2.75) is 45.1 Å². The Kier molecular flexibility index (Phi) is 6.25. The van der Waals surface area contributed by atoms with Crippen LogP contribution in [-0.4, -0.2) is 49.1 Å². The first kappa shape index (κ1) is 18.8. The van der Waals surface area contributed by atoms with E-state index in [1.54, 1.807) is 17.0 Å². The molecule has 2 aliphatic rings. The van der Waals surface area contributed by atoms with E-state index in [-0.39, 0.29) is 17.9 Å². The largest absolute Gasteiger partial charge is 0.489 e. The normalized spacial score (nSPS) is 19.6. The quantitative estimate of drug-likeness (QED) is 0.871. The summed E-state index contributed by atoms with van der Waals surface area (Å²) in [6, 6.07) is 3.34. The van der Waals surface area contributed by atoms with Gasteiger partial charge in [-0.2, -0.15) is 0 Å². The van der Waals surface area contributed by atoms with Crippen LogP contribution in [0.5, 0.6) is 11.5 Å². The first-order chi connectivity index (χ1) is 12.6. The van der Waals surface area contributed by atoms with Gasteiger partial charge in [0.1, 0.15) is 0 Å². The standard InChI is InChI=1S/C19H25ClN2O4/c1-2-5-17(23)21-14-6-3-7-22(12-14)19(24)13-10-15(20)18-16(11-13)25-8-4-9-26-18/h10-11,14H,2-9,12H2,1H3,(H,21,23). The van der Waals surface area contributed by atoms with Crippen molar-refractivity contribution in [2.75, 3.05) is 26.3 Å². The molecule has 6 nitrogen and oxygen atoms in total. The molecule has 1 aromatic rings. The molecule has 1 N–H and O–H groups in total. The average molecular weight is 381 g/mol. The average Bonchev–Trinajstić information content (AvgIpc) is 2.87. The number of amides is 2. The van der Waals surface area contributed by atoms with E-state index in [0.717, 1.165) is 25.7 Å². The lowest BCUT2D eigenvalue weighted by Gasteiger charge is -2.33. The second-order valence-corrected chi connectivity index (χ2v) is 7.15. The van der Waals surface area contributed by atoms with Gasteiger partial charge < -0.3 is 19.7 Å². The fraction of sp³-hybridized carbons (Fsp3) is 0.579. The van der Waals surface area contributed by atoms with Gasteiger partial charge in [-0.05, 0) is 31.4 Å². The van der Waals surface area contributed by atoms with Crippen molar-refractivity contribution in [3.63, 3.8) is 0 Å². The lowest BCUT2D eigenvalue weighted by molar-refractivity contribution is -0.122. The summed E-state index contributed by atoms with van der Waals surface area (Å²) in [5, 5.41) is 3.41. The van der Waals surface area contributed by atoms with E-state index in [4.69, 9.17) is 21.1 Å². The first-order valence-corrected chi connectivity index (χ1v) is 9.64. The Morgan fingerprint density at radius 1 is 1.27 bits per heavy atom. The number of hydrogen-bond donors (Lipinski definition) is 1. The van der Waals surface area contributed by atoms with Gasteiger partial charge in [-0.1, -0.05) is 18.5 Å². The van der Waals surface area contributed by atoms with Crippen LogP contribution in [0.25, 0.3) is 0 Å². The van der Waals surface area contributed by atoms with Gasteiger partial charge in [-0.25, -0.2) is 0 Å². The van der Waals surface area contributed by atoms with Gasteiger partial charge in [-0.15, -0.1) is 0 Å². The number of ether oxygens (including phenoxy) is 2. The van der Waals surface area contributed by atoms with Crippen LogP contribution < -0.4 is 14.8 Å². The Bertz CT molecular complexity index is 680. The van der Waals surface area contributed by atoms with Crippen molar-refractivity contribution in [1.29, 1.82) is 0 Å². The second kappa shape index (κ2) is 8.62. The number of hydrogen-bond acceptors (Lipinski definition) is 4. The minimum absolute atomic E-state index is 0.00244. The molecule has 0 radical (unpaired) electrons. The summed E-state index contributed by atoms with van der Waals surface area (Å²) >= 11 is 6.30.